The first kappa shape index (κ1) is 16.7. The summed E-state index contributed by atoms with van der Waals surface area (Å²) >= 11 is 0. The molecule has 0 bridgehead atoms. The fourth-order valence-electron chi connectivity index (χ4n) is 3.03. The lowest BCUT2D eigenvalue weighted by atomic mass is 10.1. The van der Waals surface area contributed by atoms with Crippen LogP contribution in [0.2, 0.25) is 0 Å². The Morgan fingerprint density at radius 3 is 2.08 bits per heavy atom. The Kier molecular flexibility index (Phi) is 5.27. The summed E-state index contributed by atoms with van der Waals surface area (Å²) in [4.78, 5) is 4.79. The molecular weight excluding hydrogens is 308 g/mol. The second kappa shape index (κ2) is 7.59. The third kappa shape index (κ3) is 3.83. The molecule has 0 saturated carbocycles. The lowest BCUT2D eigenvalue weighted by Crippen LogP contribution is -2.45. The maximum Gasteiger partial charge on any atom is 0.200 e. The van der Waals surface area contributed by atoms with E-state index in [-0.39, 0.29) is 5.75 Å². The van der Waals surface area contributed by atoms with Crippen molar-refractivity contribution in [2.75, 3.05) is 40.4 Å². The smallest absolute Gasteiger partial charge is 0.200 e. The topological polar surface area (TPSA) is 58.3 Å². The Bertz CT molecular complexity index is 624. The van der Waals surface area contributed by atoms with Gasteiger partial charge in [0.15, 0.2) is 11.5 Å². The number of aromatic hydroxyl groups is 1. The number of methoxy groups -OCH3 is 2. The summed E-state index contributed by atoms with van der Waals surface area (Å²) in [6.45, 7) is 5.67. The molecule has 1 N–H and O–H groups in total. The molecule has 0 aliphatic carbocycles. The number of phenols is 1. The van der Waals surface area contributed by atoms with Crippen LogP contribution >= 0.6 is 0 Å². The van der Waals surface area contributed by atoms with Crippen LogP contribution in [0.3, 0.4) is 0 Å². The van der Waals surface area contributed by atoms with Crippen molar-refractivity contribution in [2.45, 2.75) is 13.1 Å². The van der Waals surface area contributed by atoms with Gasteiger partial charge in [-0.25, -0.2) is 0 Å². The quantitative estimate of drug-likeness (QED) is 0.876. The van der Waals surface area contributed by atoms with Gasteiger partial charge in [0.2, 0.25) is 5.75 Å². The number of hydrogen-bond donors (Lipinski definition) is 1. The van der Waals surface area contributed by atoms with Crippen molar-refractivity contribution in [3.63, 3.8) is 0 Å². The van der Waals surface area contributed by atoms with E-state index in [0.29, 0.717) is 11.5 Å². The van der Waals surface area contributed by atoms with E-state index in [1.807, 2.05) is 24.3 Å². The first-order valence-corrected chi connectivity index (χ1v) is 8.10. The summed E-state index contributed by atoms with van der Waals surface area (Å²) in [7, 11) is 3.09. The molecule has 2 heterocycles. The van der Waals surface area contributed by atoms with E-state index < -0.39 is 0 Å². The Morgan fingerprint density at radius 1 is 1.00 bits per heavy atom. The molecule has 24 heavy (non-hydrogen) atoms. The summed E-state index contributed by atoms with van der Waals surface area (Å²) in [6.07, 6.45) is 1.72. The molecule has 6 heteroatoms. The highest BCUT2D eigenvalue weighted by Gasteiger charge is 2.19. The van der Waals surface area contributed by atoms with E-state index >= 15 is 0 Å². The van der Waals surface area contributed by atoms with E-state index in [0.717, 1.165) is 50.6 Å². The van der Waals surface area contributed by atoms with Crippen molar-refractivity contribution in [3.05, 3.63) is 41.9 Å². The lowest BCUT2D eigenvalue weighted by molar-refractivity contribution is 0.116. The maximum absolute atomic E-state index is 10.00. The van der Waals surface area contributed by atoms with Gasteiger partial charge in [-0.15, -0.1) is 0 Å². The highest BCUT2D eigenvalue weighted by atomic mass is 16.5. The monoisotopic (exact) mass is 332 g/mol. The predicted octanol–water partition coefficient (Wildman–Crippen LogP) is 2.32. The summed E-state index contributed by atoms with van der Waals surface area (Å²) in [5.74, 6) is 1.95. The fourth-order valence-corrected chi connectivity index (χ4v) is 3.03. The molecule has 0 unspecified atom stereocenters. The van der Waals surface area contributed by atoms with Crippen molar-refractivity contribution in [2.24, 2.45) is 0 Å². The van der Waals surface area contributed by atoms with Gasteiger partial charge in [0.05, 0.1) is 27.0 Å². The molecule has 1 aliphatic heterocycles. The van der Waals surface area contributed by atoms with Crippen LogP contribution in [0.4, 0.5) is 0 Å². The van der Waals surface area contributed by atoms with Crippen molar-refractivity contribution >= 4 is 0 Å². The second-order valence-corrected chi connectivity index (χ2v) is 5.98. The molecule has 0 radical (unpaired) electrons. The average Bonchev–Trinajstić information content (AvgIpc) is 3.11. The second-order valence-electron chi connectivity index (χ2n) is 5.98. The minimum atomic E-state index is 0.0482. The van der Waals surface area contributed by atoms with E-state index in [4.69, 9.17) is 13.9 Å². The molecular formula is C18H24N2O4. The van der Waals surface area contributed by atoms with E-state index in [1.165, 1.54) is 0 Å². The van der Waals surface area contributed by atoms with Gasteiger partial charge in [-0.05, 0) is 29.8 Å². The van der Waals surface area contributed by atoms with E-state index in [2.05, 4.69) is 9.80 Å². The largest absolute Gasteiger partial charge is 0.502 e. The van der Waals surface area contributed by atoms with Crippen LogP contribution in [-0.4, -0.2) is 55.3 Å². The summed E-state index contributed by atoms with van der Waals surface area (Å²) in [6, 6.07) is 7.68. The van der Waals surface area contributed by atoms with Gasteiger partial charge in [0.25, 0.3) is 0 Å². The highest BCUT2D eigenvalue weighted by molar-refractivity contribution is 5.52. The minimum absolute atomic E-state index is 0.0482. The van der Waals surface area contributed by atoms with Gasteiger partial charge in [-0.1, -0.05) is 0 Å². The van der Waals surface area contributed by atoms with Gasteiger partial charge in [0, 0.05) is 32.7 Å². The summed E-state index contributed by atoms with van der Waals surface area (Å²) in [5.41, 5.74) is 1.07. The molecule has 3 rings (SSSR count). The lowest BCUT2D eigenvalue weighted by Gasteiger charge is -2.34. The Labute approximate surface area is 142 Å². The van der Waals surface area contributed by atoms with Gasteiger partial charge in [-0.3, -0.25) is 9.80 Å². The zero-order valence-corrected chi connectivity index (χ0v) is 14.2. The Morgan fingerprint density at radius 2 is 1.58 bits per heavy atom. The minimum Gasteiger partial charge on any atom is -0.502 e. The van der Waals surface area contributed by atoms with Gasteiger partial charge in [0.1, 0.15) is 5.76 Å². The SMILES string of the molecule is COc1cc(CN2CCN(Cc3ccco3)CC2)cc(OC)c1O. The maximum atomic E-state index is 10.00. The summed E-state index contributed by atoms with van der Waals surface area (Å²) < 4.78 is 15.9. The highest BCUT2D eigenvalue weighted by Crippen LogP contribution is 2.37. The van der Waals surface area contributed by atoms with Crippen molar-refractivity contribution < 1.29 is 19.0 Å². The fraction of sp³-hybridized carbons (Fsp3) is 0.444. The Balaban J connectivity index is 1.58. The molecule has 0 atom stereocenters. The molecule has 130 valence electrons. The normalized spacial score (nSPS) is 16.2. The molecule has 0 amide bonds. The van der Waals surface area contributed by atoms with Crippen LogP contribution in [0, 0.1) is 0 Å². The average molecular weight is 332 g/mol. The van der Waals surface area contributed by atoms with Crippen LogP contribution in [0.25, 0.3) is 0 Å². The molecule has 1 saturated heterocycles. The molecule has 2 aromatic rings. The number of rotatable bonds is 6. The number of hydrogen-bond acceptors (Lipinski definition) is 6. The van der Waals surface area contributed by atoms with Gasteiger partial charge in [-0.2, -0.15) is 0 Å². The number of benzene rings is 1. The third-order valence-corrected chi connectivity index (χ3v) is 4.37. The molecule has 1 fully saturated rings. The standard InChI is InChI=1S/C18H24N2O4/c1-22-16-10-14(11-17(23-2)18(16)21)12-19-5-7-20(8-6-19)13-15-4-3-9-24-15/h3-4,9-11,21H,5-8,12-13H2,1-2H3. The zero-order chi connectivity index (χ0) is 16.9. The van der Waals surface area contributed by atoms with E-state index in [9.17, 15) is 5.11 Å². The van der Waals surface area contributed by atoms with Crippen molar-refractivity contribution in [3.8, 4) is 17.2 Å². The zero-order valence-electron chi connectivity index (χ0n) is 14.2. The molecule has 1 aromatic heterocycles. The van der Waals surface area contributed by atoms with Crippen molar-refractivity contribution in [1.82, 2.24) is 9.80 Å². The number of nitrogens with zero attached hydrogens (tertiary/aromatic N) is 2. The van der Waals surface area contributed by atoms with Crippen LogP contribution in [0.5, 0.6) is 17.2 Å². The number of phenolic OH excluding ortho intramolecular Hbond substituents is 1. The molecule has 0 spiro atoms. The van der Waals surface area contributed by atoms with E-state index in [1.54, 1.807) is 20.5 Å². The Hall–Kier alpha value is -2.18. The third-order valence-electron chi connectivity index (χ3n) is 4.37. The molecule has 1 aromatic carbocycles. The van der Waals surface area contributed by atoms with Crippen molar-refractivity contribution in [1.29, 1.82) is 0 Å². The first-order valence-electron chi connectivity index (χ1n) is 8.10. The number of ether oxygens (including phenoxy) is 2. The van der Waals surface area contributed by atoms with Crippen LogP contribution in [0.1, 0.15) is 11.3 Å². The molecule has 1 aliphatic rings. The van der Waals surface area contributed by atoms with Gasteiger partial charge >= 0.3 is 0 Å². The van der Waals surface area contributed by atoms with Crippen LogP contribution in [-0.2, 0) is 13.1 Å². The van der Waals surface area contributed by atoms with Crippen LogP contribution < -0.4 is 9.47 Å². The van der Waals surface area contributed by atoms with Gasteiger partial charge < -0.3 is 19.0 Å². The predicted molar refractivity (Wildman–Crippen MR) is 90.5 cm³/mol. The first-order chi connectivity index (χ1) is 11.7. The summed E-state index contributed by atoms with van der Waals surface area (Å²) in [5, 5.41) is 10.00. The molecule has 6 nitrogen and oxygen atoms in total. The van der Waals surface area contributed by atoms with Crippen LogP contribution in [0.15, 0.2) is 34.9 Å². The number of piperazine rings is 1. The number of furan rings is 1.